The predicted octanol–water partition coefficient (Wildman–Crippen LogP) is 2.19. The Morgan fingerprint density at radius 3 is 2.64 bits per heavy atom. The molecule has 0 saturated heterocycles. The lowest BCUT2D eigenvalue weighted by Gasteiger charge is -2.27. The maximum atomic E-state index is 11.2. The zero-order valence-electron chi connectivity index (χ0n) is 8.71. The molecule has 3 nitrogen and oxygen atoms in total. The van der Waals surface area contributed by atoms with Crippen LogP contribution in [-0.2, 0) is 7.05 Å². The number of carbonyl (C=O) groups excluding carboxylic acids is 1. The maximum absolute atomic E-state index is 11.2. The minimum absolute atomic E-state index is 0.120. The highest BCUT2D eigenvalue weighted by Gasteiger charge is 2.18. The van der Waals surface area contributed by atoms with E-state index in [1.807, 2.05) is 23.7 Å². The molecule has 0 aliphatic heterocycles. The van der Waals surface area contributed by atoms with Gasteiger partial charge in [0.15, 0.2) is 5.78 Å². The molecule has 3 heteroatoms. The topological polar surface area (TPSA) is 34.0 Å². The monoisotopic (exact) mass is 192 g/mol. The van der Waals surface area contributed by atoms with Crippen molar-refractivity contribution in [2.75, 3.05) is 5.32 Å². The van der Waals surface area contributed by atoms with Gasteiger partial charge in [-0.3, -0.25) is 4.79 Å². The lowest BCUT2D eigenvalue weighted by Crippen LogP contribution is -2.28. The van der Waals surface area contributed by atoms with Crippen molar-refractivity contribution in [3.63, 3.8) is 0 Å². The summed E-state index contributed by atoms with van der Waals surface area (Å²) in [5.74, 6) is 1.18. The highest BCUT2D eigenvalue weighted by Crippen LogP contribution is 2.24. The van der Waals surface area contributed by atoms with Gasteiger partial charge in [-0.15, -0.1) is 0 Å². The van der Waals surface area contributed by atoms with Gasteiger partial charge in [-0.1, -0.05) is 0 Å². The fourth-order valence-corrected chi connectivity index (χ4v) is 1.77. The average molecular weight is 192 g/mol. The number of hydrogen-bond acceptors (Lipinski definition) is 2. The zero-order chi connectivity index (χ0) is 10.1. The van der Waals surface area contributed by atoms with Crippen LogP contribution in [0.4, 0.5) is 5.82 Å². The van der Waals surface area contributed by atoms with Gasteiger partial charge in [0.1, 0.15) is 5.82 Å². The van der Waals surface area contributed by atoms with E-state index in [1.165, 1.54) is 19.3 Å². The first-order valence-electron chi connectivity index (χ1n) is 5.11. The molecule has 0 radical (unpaired) electrons. The molecule has 0 bridgehead atoms. The minimum atomic E-state index is 0.120. The largest absolute Gasteiger partial charge is 0.369 e. The molecule has 0 atom stereocenters. The van der Waals surface area contributed by atoms with Crippen molar-refractivity contribution < 1.29 is 4.79 Å². The van der Waals surface area contributed by atoms with Gasteiger partial charge in [0.05, 0.1) is 5.69 Å². The standard InChI is InChI=1S/C11H16N2O/c1-8(14)10-6-7-11(13(10)2)12-9-4-3-5-9/h6-7,9,12H,3-5H2,1-2H3. The summed E-state index contributed by atoms with van der Waals surface area (Å²) in [6.07, 6.45) is 3.82. The molecular weight excluding hydrogens is 176 g/mol. The number of Topliss-reactive ketones (excluding diaryl/α,β-unsaturated/α-hetero) is 1. The number of nitrogens with one attached hydrogen (secondary N) is 1. The van der Waals surface area contributed by atoms with E-state index in [1.54, 1.807) is 6.92 Å². The fourth-order valence-electron chi connectivity index (χ4n) is 1.77. The molecule has 1 N–H and O–H groups in total. The van der Waals surface area contributed by atoms with Gasteiger partial charge >= 0.3 is 0 Å². The first-order valence-corrected chi connectivity index (χ1v) is 5.11. The lowest BCUT2D eigenvalue weighted by atomic mass is 9.93. The molecule has 0 unspecified atom stereocenters. The molecule has 1 saturated carbocycles. The van der Waals surface area contributed by atoms with Crippen LogP contribution >= 0.6 is 0 Å². The zero-order valence-corrected chi connectivity index (χ0v) is 8.71. The number of carbonyl (C=O) groups is 1. The van der Waals surface area contributed by atoms with Crippen molar-refractivity contribution in [1.82, 2.24) is 4.57 Å². The van der Waals surface area contributed by atoms with Crippen LogP contribution in [0.5, 0.6) is 0 Å². The molecule has 0 aromatic carbocycles. The SMILES string of the molecule is CC(=O)c1ccc(NC2CCC2)n1C. The summed E-state index contributed by atoms with van der Waals surface area (Å²) in [5, 5.41) is 3.43. The van der Waals surface area contributed by atoms with E-state index in [2.05, 4.69) is 5.32 Å². The van der Waals surface area contributed by atoms with Gasteiger partial charge in [-0.25, -0.2) is 0 Å². The van der Waals surface area contributed by atoms with Crippen molar-refractivity contribution in [3.05, 3.63) is 17.8 Å². The Morgan fingerprint density at radius 1 is 1.50 bits per heavy atom. The second-order valence-corrected chi connectivity index (χ2v) is 3.99. The Balaban J connectivity index is 2.13. The Bertz CT molecular complexity index is 350. The van der Waals surface area contributed by atoms with E-state index in [9.17, 15) is 4.79 Å². The normalized spacial score (nSPS) is 16.4. The summed E-state index contributed by atoms with van der Waals surface area (Å²) in [4.78, 5) is 11.2. The Kier molecular flexibility index (Phi) is 2.32. The molecule has 0 spiro atoms. The van der Waals surface area contributed by atoms with E-state index < -0.39 is 0 Å². The van der Waals surface area contributed by atoms with E-state index in [-0.39, 0.29) is 5.78 Å². The van der Waals surface area contributed by atoms with Crippen LogP contribution < -0.4 is 5.32 Å². The van der Waals surface area contributed by atoms with Crippen LogP contribution in [0.3, 0.4) is 0 Å². The third-order valence-corrected chi connectivity index (χ3v) is 2.94. The summed E-state index contributed by atoms with van der Waals surface area (Å²) >= 11 is 0. The molecule has 1 aliphatic carbocycles. The third kappa shape index (κ3) is 1.54. The Morgan fingerprint density at radius 2 is 2.21 bits per heavy atom. The highest BCUT2D eigenvalue weighted by molar-refractivity contribution is 5.93. The molecule has 1 heterocycles. The van der Waals surface area contributed by atoms with Crippen molar-refractivity contribution >= 4 is 11.6 Å². The number of nitrogens with zero attached hydrogens (tertiary/aromatic N) is 1. The van der Waals surface area contributed by atoms with E-state index in [0.29, 0.717) is 6.04 Å². The first-order chi connectivity index (χ1) is 6.68. The lowest BCUT2D eigenvalue weighted by molar-refractivity contribution is 0.101. The number of hydrogen-bond donors (Lipinski definition) is 1. The van der Waals surface area contributed by atoms with Crippen LogP contribution in [0.2, 0.25) is 0 Å². The average Bonchev–Trinajstić information content (AvgIpc) is 2.40. The van der Waals surface area contributed by atoms with Gasteiger partial charge in [0.2, 0.25) is 0 Å². The molecule has 2 rings (SSSR count). The van der Waals surface area contributed by atoms with Crippen LogP contribution in [0.15, 0.2) is 12.1 Å². The van der Waals surface area contributed by atoms with Crippen molar-refractivity contribution in [2.24, 2.45) is 7.05 Å². The van der Waals surface area contributed by atoms with E-state index in [0.717, 1.165) is 11.5 Å². The van der Waals surface area contributed by atoms with Crippen molar-refractivity contribution in [3.8, 4) is 0 Å². The van der Waals surface area contributed by atoms with Gasteiger partial charge < -0.3 is 9.88 Å². The molecule has 1 fully saturated rings. The smallest absolute Gasteiger partial charge is 0.176 e. The van der Waals surface area contributed by atoms with E-state index in [4.69, 9.17) is 0 Å². The molecule has 14 heavy (non-hydrogen) atoms. The molecule has 0 amide bonds. The fraction of sp³-hybridized carbons (Fsp3) is 0.545. The third-order valence-electron chi connectivity index (χ3n) is 2.94. The second kappa shape index (κ2) is 3.48. The Labute approximate surface area is 84.1 Å². The van der Waals surface area contributed by atoms with Gasteiger partial charge in [-0.05, 0) is 31.4 Å². The maximum Gasteiger partial charge on any atom is 0.176 e. The quantitative estimate of drug-likeness (QED) is 0.745. The number of ketones is 1. The van der Waals surface area contributed by atoms with Gasteiger partial charge in [0.25, 0.3) is 0 Å². The molecular formula is C11H16N2O. The Hall–Kier alpha value is -1.25. The first kappa shape index (κ1) is 9.31. The number of aromatic nitrogens is 1. The van der Waals surface area contributed by atoms with Gasteiger partial charge in [-0.2, -0.15) is 0 Å². The van der Waals surface area contributed by atoms with Crippen LogP contribution in [0.1, 0.15) is 36.7 Å². The van der Waals surface area contributed by atoms with Crippen LogP contribution in [-0.4, -0.2) is 16.4 Å². The summed E-state index contributed by atoms with van der Waals surface area (Å²) < 4.78 is 1.93. The minimum Gasteiger partial charge on any atom is -0.369 e. The summed E-state index contributed by atoms with van der Waals surface area (Å²) in [6.45, 7) is 1.60. The summed E-state index contributed by atoms with van der Waals surface area (Å²) in [7, 11) is 1.93. The summed E-state index contributed by atoms with van der Waals surface area (Å²) in [5.41, 5.74) is 0.770. The summed E-state index contributed by atoms with van der Waals surface area (Å²) in [6, 6.07) is 4.47. The molecule has 1 aromatic heterocycles. The van der Waals surface area contributed by atoms with Gasteiger partial charge in [0, 0.05) is 20.0 Å². The second-order valence-electron chi connectivity index (χ2n) is 3.99. The number of anilines is 1. The molecule has 1 aliphatic rings. The predicted molar refractivity (Wildman–Crippen MR) is 56.7 cm³/mol. The highest BCUT2D eigenvalue weighted by atomic mass is 16.1. The number of rotatable bonds is 3. The molecule has 76 valence electrons. The van der Waals surface area contributed by atoms with Crippen LogP contribution in [0.25, 0.3) is 0 Å². The van der Waals surface area contributed by atoms with Crippen molar-refractivity contribution in [1.29, 1.82) is 0 Å². The van der Waals surface area contributed by atoms with Crippen molar-refractivity contribution in [2.45, 2.75) is 32.2 Å². The van der Waals surface area contributed by atoms with Crippen LogP contribution in [0, 0.1) is 0 Å². The van der Waals surface area contributed by atoms with E-state index >= 15 is 0 Å². The molecule has 1 aromatic rings.